The second-order valence-corrected chi connectivity index (χ2v) is 7.55. The van der Waals surface area contributed by atoms with Crippen molar-refractivity contribution in [2.24, 2.45) is 5.92 Å². The van der Waals surface area contributed by atoms with Gasteiger partial charge < -0.3 is 0 Å². The van der Waals surface area contributed by atoms with E-state index in [0.29, 0.717) is 19.0 Å². The van der Waals surface area contributed by atoms with Gasteiger partial charge in [-0.25, -0.2) is 12.7 Å². The fourth-order valence-corrected chi connectivity index (χ4v) is 3.92. The molecule has 1 aromatic carbocycles. The fourth-order valence-electron chi connectivity index (χ4n) is 2.71. The molecule has 0 aliphatic carbocycles. The lowest BCUT2D eigenvalue weighted by atomic mass is 9.93. The van der Waals surface area contributed by atoms with Gasteiger partial charge in [-0.1, -0.05) is 30.3 Å². The van der Waals surface area contributed by atoms with E-state index >= 15 is 0 Å². The van der Waals surface area contributed by atoms with Crippen molar-refractivity contribution in [1.29, 1.82) is 0 Å². The molecule has 0 saturated carbocycles. The zero-order chi connectivity index (χ0) is 13.7. The molecule has 1 aromatic rings. The van der Waals surface area contributed by atoms with E-state index in [1.807, 2.05) is 6.07 Å². The van der Waals surface area contributed by atoms with Crippen molar-refractivity contribution >= 4 is 10.0 Å². The first-order valence-electron chi connectivity index (χ1n) is 7.13. The van der Waals surface area contributed by atoms with Crippen molar-refractivity contribution in [2.75, 3.05) is 18.8 Å². The van der Waals surface area contributed by atoms with Gasteiger partial charge in [-0.15, -0.1) is 0 Å². The number of benzene rings is 1. The first kappa shape index (κ1) is 14.5. The molecule has 4 heteroatoms. The maximum atomic E-state index is 11.9. The molecule has 0 spiro atoms. The molecule has 106 valence electrons. The smallest absolute Gasteiger partial charge is 0.212 e. The Morgan fingerprint density at radius 3 is 2.68 bits per heavy atom. The molecule has 19 heavy (non-hydrogen) atoms. The lowest BCUT2D eigenvalue weighted by Crippen LogP contribution is -2.40. The van der Waals surface area contributed by atoms with E-state index in [9.17, 15) is 8.42 Å². The third-order valence-corrected chi connectivity index (χ3v) is 5.77. The van der Waals surface area contributed by atoms with E-state index in [1.165, 1.54) is 5.56 Å². The lowest BCUT2D eigenvalue weighted by molar-refractivity contribution is 0.256. The molecule has 3 nitrogen and oxygen atoms in total. The number of hydrogen-bond acceptors (Lipinski definition) is 2. The first-order chi connectivity index (χ1) is 9.12. The van der Waals surface area contributed by atoms with Gasteiger partial charge in [0.05, 0.1) is 5.75 Å². The van der Waals surface area contributed by atoms with Gasteiger partial charge >= 0.3 is 0 Å². The van der Waals surface area contributed by atoms with E-state index in [-0.39, 0.29) is 5.75 Å². The van der Waals surface area contributed by atoms with Crippen LogP contribution in [0.4, 0.5) is 0 Å². The van der Waals surface area contributed by atoms with Crippen LogP contribution in [0.25, 0.3) is 0 Å². The maximum Gasteiger partial charge on any atom is 0.213 e. The molecule has 2 rings (SSSR count). The van der Waals surface area contributed by atoms with Gasteiger partial charge in [-0.3, -0.25) is 0 Å². The third kappa shape index (κ3) is 4.05. The topological polar surface area (TPSA) is 37.4 Å². The highest BCUT2D eigenvalue weighted by Gasteiger charge is 2.27. The Balaban J connectivity index is 1.88. The van der Waals surface area contributed by atoms with Crippen molar-refractivity contribution in [3.8, 4) is 0 Å². The van der Waals surface area contributed by atoms with Crippen molar-refractivity contribution in [1.82, 2.24) is 4.31 Å². The van der Waals surface area contributed by atoms with E-state index in [1.54, 1.807) is 11.2 Å². The average Bonchev–Trinajstić information content (AvgIpc) is 2.46. The minimum absolute atomic E-state index is 0.221. The average molecular weight is 281 g/mol. The van der Waals surface area contributed by atoms with E-state index in [4.69, 9.17) is 0 Å². The summed E-state index contributed by atoms with van der Waals surface area (Å²) in [5.74, 6) is 0.730. The van der Waals surface area contributed by atoms with E-state index < -0.39 is 10.0 Å². The lowest BCUT2D eigenvalue weighted by Gasteiger charge is -2.31. The van der Waals surface area contributed by atoms with Crippen molar-refractivity contribution < 1.29 is 8.42 Å². The zero-order valence-electron chi connectivity index (χ0n) is 11.6. The molecule has 1 aliphatic heterocycles. The van der Waals surface area contributed by atoms with Gasteiger partial charge in [-0.2, -0.15) is 0 Å². The molecule has 1 atom stereocenters. The molecular weight excluding hydrogens is 258 g/mol. The largest absolute Gasteiger partial charge is 0.213 e. The molecule has 0 N–H and O–H groups in total. The standard InChI is InChI=1S/C15H23NO2S/c1-2-19(17,18)16-12-6-9-15(13-16)11-10-14-7-4-3-5-8-14/h3-5,7-8,15H,2,6,9-13H2,1H3. The summed E-state index contributed by atoms with van der Waals surface area (Å²) in [5.41, 5.74) is 1.35. The second kappa shape index (κ2) is 6.53. The number of piperidine rings is 1. The normalized spacial score (nSPS) is 21.4. The number of hydrogen-bond donors (Lipinski definition) is 0. The molecule has 1 unspecified atom stereocenters. The molecular formula is C15H23NO2S. The van der Waals surface area contributed by atoms with Gasteiger partial charge in [0, 0.05) is 13.1 Å². The minimum Gasteiger partial charge on any atom is -0.212 e. The van der Waals surface area contributed by atoms with Crippen LogP contribution in [0.3, 0.4) is 0 Å². The summed E-state index contributed by atoms with van der Waals surface area (Å²) in [4.78, 5) is 0. The van der Waals surface area contributed by atoms with Crippen LogP contribution in [0.1, 0.15) is 31.7 Å². The molecule has 1 aliphatic rings. The van der Waals surface area contributed by atoms with Crippen LogP contribution in [0, 0.1) is 5.92 Å². The summed E-state index contributed by atoms with van der Waals surface area (Å²) in [5, 5.41) is 0. The highest BCUT2D eigenvalue weighted by molar-refractivity contribution is 7.89. The summed E-state index contributed by atoms with van der Waals surface area (Å²) in [6.07, 6.45) is 4.28. The summed E-state index contributed by atoms with van der Waals surface area (Å²) >= 11 is 0. The molecule has 1 fully saturated rings. The zero-order valence-corrected chi connectivity index (χ0v) is 12.4. The summed E-state index contributed by atoms with van der Waals surface area (Å²) in [6, 6.07) is 10.4. The van der Waals surface area contributed by atoms with Gasteiger partial charge in [-0.05, 0) is 44.1 Å². The van der Waals surface area contributed by atoms with Crippen LogP contribution >= 0.6 is 0 Å². The fraction of sp³-hybridized carbons (Fsp3) is 0.600. The maximum absolute atomic E-state index is 11.9. The van der Waals surface area contributed by atoms with Gasteiger partial charge in [0.2, 0.25) is 10.0 Å². The Bertz CT molecular complexity index is 484. The minimum atomic E-state index is -3.00. The van der Waals surface area contributed by atoms with Gasteiger partial charge in [0.25, 0.3) is 0 Å². The Labute approximate surface area is 116 Å². The predicted octanol–water partition coefficient (Wildman–Crippen LogP) is 2.68. The second-order valence-electron chi connectivity index (χ2n) is 5.29. The van der Waals surface area contributed by atoms with E-state index in [2.05, 4.69) is 24.3 Å². The van der Waals surface area contributed by atoms with Gasteiger partial charge in [0.15, 0.2) is 0 Å². The van der Waals surface area contributed by atoms with Crippen LogP contribution in [0.15, 0.2) is 30.3 Å². The summed E-state index contributed by atoms with van der Waals surface area (Å²) in [6.45, 7) is 3.14. The molecule has 0 bridgehead atoms. The quantitative estimate of drug-likeness (QED) is 0.832. The highest BCUT2D eigenvalue weighted by Crippen LogP contribution is 2.23. The monoisotopic (exact) mass is 281 g/mol. The molecule has 1 heterocycles. The highest BCUT2D eigenvalue weighted by atomic mass is 32.2. The van der Waals surface area contributed by atoms with Crippen LogP contribution < -0.4 is 0 Å². The number of rotatable bonds is 5. The summed E-state index contributed by atoms with van der Waals surface area (Å²) in [7, 11) is -3.00. The molecule has 1 saturated heterocycles. The number of nitrogens with zero attached hydrogens (tertiary/aromatic N) is 1. The number of aryl methyl sites for hydroxylation is 1. The van der Waals surface area contributed by atoms with Crippen LogP contribution in [0.5, 0.6) is 0 Å². The van der Waals surface area contributed by atoms with Crippen LogP contribution in [0.2, 0.25) is 0 Å². The van der Waals surface area contributed by atoms with Crippen LogP contribution in [-0.4, -0.2) is 31.6 Å². The summed E-state index contributed by atoms with van der Waals surface area (Å²) < 4.78 is 25.5. The van der Waals surface area contributed by atoms with Crippen LogP contribution in [-0.2, 0) is 16.4 Å². The Kier molecular flexibility index (Phi) is 4.99. The number of sulfonamides is 1. The SMILES string of the molecule is CCS(=O)(=O)N1CCCC(CCc2ccccc2)C1. The Morgan fingerprint density at radius 1 is 1.26 bits per heavy atom. The third-order valence-electron chi connectivity index (χ3n) is 3.92. The van der Waals surface area contributed by atoms with Gasteiger partial charge in [0.1, 0.15) is 0 Å². The van der Waals surface area contributed by atoms with Crippen molar-refractivity contribution in [3.05, 3.63) is 35.9 Å². The molecule has 0 aromatic heterocycles. The first-order valence-corrected chi connectivity index (χ1v) is 8.74. The van der Waals surface area contributed by atoms with E-state index in [0.717, 1.165) is 25.7 Å². The molecule has 0 amide bonds. The van der Waals surface area contributed by atoms with Crippen molar-refractivity contribution in [3.63, 3.8) is 0 Å². The molecule has 0 radical (unpaired) electrons. The predicted molar refractivity (Wildman–Crippen MR) is 78.5 cm³/mol. The van der Waals surface area contributed by atoms with Crippen molar-refractivity contribution in [2.45, 2.75) is 32.6 Å². The Hall–Kier alpha value is -0.870. The Morgan fingerprint density at radius 2 is 2.00 bits per heavy atom.